The quantitative estimate of drug-likeness (QED) is 0.694. The molecule has 0 aliphatic rings. The fourth-order valence-corrected chi connectivity index (χ4v) is 1.52. The molecule has 0 aliphatic heterocycles. The van der Waals surface area contributed by atoms with Gasteiger partial charge in [-0.25, -0.2) is 13.9 Å². The third-order valence-corrected chi connectivity index (χ3v) is 2.78. The van der Waals surface area contributed by atoms with E-state index in [0.29, 0.717) is 5.65 Å². The molecule has 0 spiro atoms. The lowest BCUT2D eigenvalue weighted by Gasteiger charge is -1.96. The molecule has 2 heterocycles. The predicted molar refractivity (Wildman–Crippen MR) is 52.9 cm³/mol. The first kappa shape index (κ1) is 8.50. The van der Waals surface area contributed by atoms with Crippen LogP contribution < -0.4 is 5.69 Å². The fourth-order valence-electron chi connectivity index (χ4n) is 1.20. The minimum Gasteiger partial charge on any atom is -0.249 e. The third-order valence-electron chi connectivity index (χ3n) is 1.95. The van der Waals surface area contributed by atoms with Crippen molar-refractivity contribution in [1.29, 1.82) is 0 Å². The highest BCUT2D eigenvalue weighted by molar-refractivity contribution is 9.10. The van der Waals surface area contributed by atoms with Gasteiger partial charge in [0.1, 0.15) is 0 Å². The molecule has 0 saturated heterocycles. The first-order chi connectivity index (χ1) is 6.09. The zero-order valence-corrected chi connectivity index (χ0v) is 8.87. The number of aryl methyl sites for hydroxylation is 2. The maximum absolute atomic E-state index is 11.4. The van der Waals surface area contributed by atoms with Gasteiger partial charge in [-0.15, -0.1) is 0 Å². The fraction of sp³-hybridized carbons (Fsp3) is 0.250. The second-order valence-corrected chi connectivity index (χ2v) is 3.79. The SMILES string of the molecule is Cc1cc2nn(C)c(=O)n2cc1Br. The van der Waals surface area contributed by atoms with Gasteiger partial charge >= 0.3 is 5.69 Å². The third kappa shape index (κ3) is 1.19. The highest BCUT2D eigenvalue weighted by Crippen LogP contribution is 2.15. The van der Waals surface area contributed by atoms with Crippen molar-refractivity contribution in [1.82, 2.24) is 14.2 Å². The molecule has 0 bridgehead atoms. The van der Waals surface area contributed by atoms with Crippen molar-refractivity contribution >= 4 is 21.6 Å². The number of rotatable bonds is 0. The molecule has 4 nitrogen and oxygen atoms in total. The van der Waals surface area contributed by atoms with Gasteiger partial charge in [-0.2, -0.15) is 5.10 Å². The van der Waals surface area contributed by atoms with Gasteiger partial charge in [0, 0.05) is 17.7 Å². The first-order valence-corrected chi connectivity index (χ1v) is 4.60. The molecule has 0 radical (unpaired) electrons. The average molecular weight is 242 g/mol. The smallest absolute Gasteiger partial charge is 0.249 e. The second kappa shape index (κ2) is 2.70. The summed E-state index contributed by atoms with van der Waals surface area (Å²) in [6.45, 7) is 1.96. The van der Waals surface area contributed by atoms with E-state index < -0.39 is 0 Å². The van der Waals surface area contributed by atoms with Crippen LogP contribution in [0.1, 0.15) is 5.56 Å². The molecule has 2 aromatic heterocycles. The first-order valence-electron chi connectivity index (χ1n) is 3.81. The summed E-state index contributed by atoms with van der Waals surface area (Å²) in [4.78, 5) is 11.4. The van der Waals surface area contributed by atoms with Gasteiger partial charge in [-0.1, -0.05) is 0 Å². The lowest BCUT2D eigenvalue weighted by atomic mass is 10.3. The number of nitrogens with zero attached hydrogens (tertiary/aromatic N) is 3. The Morgan fingerprint density at radius 3 is 2.92 bits per heavy atom. The van der Waals surface area contributed by atoms with E-state index in [-0.39, 0.29) is 5.69 Å². The van der Waals surface area contributed by atoms with Crippen molar-refractivity contribution in [2.24, 2.45) is 7.05 Å². The molecule has 0 N–H and O–H groups in total. The zero-order valence-electron chi connectivity index (χ0n) is 7.28. The summed E-state index contributed by atoms with van der Waals surface area (Å²) < 4.78 is 3.74. The minimum absolute atomic E-state index is 0.129. The van der Waals surface area contributed by atoms with Gasteiger partial charge in [0.2, 0.25) is 0 Å². The van der Waals surface area contributed by atoms with Crippen LogP contribution in [-0.2, 0) is 7.05 Å². The topological polar surface area (TPSA) is 39.3 Å². The molecule has 2 aromatic rings. The van der Waals surface area contributed by atoms with Crippen molar-refractivity contribution in [3.05, 3.63) is 32.8 Å². The predicted octanol–water partition coefficient (Wildman–Crippen LogP) is 1.10. The van der Waals surface area contributed by atoms with Crippen LogP contribution in [0.25, 0.3) is 5.65 Å². The number of halogens is 1. The Morgan fingerprint density at radius 1 is 1.54 bits per heavy atom. The van der Waals surface area contributed by atoms with E-state index in [9.17, 15) is 4.79 Å². The van der Waals surface area contributed by atoms with Crippen molar-refractivity contribution in [2.45, 2.75) is 6.92 Å². The number of pyridine rings is 1. The molecule has 0 atom stereocenters. The largest absolute Gasteiger partial charge is 0.350 e. The monoisotopic (exact) mass is 241 g/mol. The Labute approximate surface area is 82.9 Å². The van der Waals surface area contributed by atoms with Gasteiger partial charge in [0.15, 0.2) is 5.65 Å². The molecule has 5 heteroatoms. The Hall–Kier alpha value is -1.10. The summed E-state index contributed by atoms with van der Waals surface area (Å²) in [5.74, 6) is 0. The summed E-state index contributed by atoms with van der Waals surface area (Å²) >= 11 is 3.36. The average Bonchev–Trinajstić information content (AvgIpc) is 2.32. The Morgan fingerprint density at radius 2 is 2.23 bits per heavy atom. The maximum atomic E-state index is 11.4. The van der Waals surface area contributed by atoms with E-state index in [4.69, 9.17) is 0 Å². The van der Waals surface area contributed by atoms with Crippen molar-refractivity contribution < 1.29 is 0 Å². The Bertz CT molecular complexity index is 526. The van der Waals surface area contributed by atoms with E-state index in [1.54, 1.807) is 13.2 Å². The van der Waals surface area contributed by atoms with Gasteiger partial charge in [-0.3, -0.25) is 0 Å². The lowest BCUT2D eigenvalue weighted by Crippen LogP contribution is -2.17. The van der Waals surface area contributed by atoms with Crippen molar-refractivity contribution in [3.8, 4) is 0 Å². The normalized spacial score (nSPS) is 11.0. The van der Waals surface area contributed by atoms with Crippen molar-refractivity contribution in [3.63, 3.8) is 0 Å². The molecule has 0 aliphatic carbocycles. The summed E-state index contributed by atoms with van der Waals surface area (Å²) in [7, 11) is 1.64. The Balaban J connectivity index is 2.97. The maximum Gasteiger partial charge on any atom is 0.350 e. The zero-order chi connectivity index (χ0) is 9.59. The van der Waals surface area contributed by atoms with E-state index in [2.05, 4.69) is 21.0 Å². The lowest BCUT2D eigenvalue weighted by molar-refractivity contribution is 0.732. The highest BCUT2D eigenvalue weighted by atomic mass is 79.9. The molecular weight excluding hydrogens is 234 g/mol. The van der Waals surface area contributed by atoms with Crippen LogP contribution in [-0.4, -0.2) is 14.2 Å². The summed E-state index contributed by atoms with van der Waals surface area (Å²) in [6, 6.07) is 1.87. The van der Waals surface area contributed by atoms with Crippen LogP contribution in [0.5, 0.6) is 0 Å². The molecule has 13 heavy (non-hydrogen) atoms. The molecule has 68 valence electrons. The molecule has 0 amide bonds. The Kier molecular flexibility index (Phi) is 1.76. The van der Waals surface area contributed by atoms with Gasteiger partial charge in [0.05, 0.1) is 0 Å². The summed E-state index contributed by atoms with van der Waals surface area (Å²) in [5.41, 5.74) is 1.61. The summed E-state index contributed by atoms with van der Waals surface area (Å²) in [6.07, 6.45) is 1.74. The molecule has 0 saturated carbocycles. The van der Waals surface area contributed by atoms with E-state index >= 15 is 0 Å². The van der Waals surface area contributed by atoms with Crippen LogP contribution in [0.4, 0.5) is 0 Å². The standard InChI is InChI=1S/C8H8BrN3O/c1-5-3-7-10-11(2)8(13)12(7)4-6(5)9/h3-4H,1-2H3. The van der Waals surface area contributed by atoms with E-state index in [1.807, 2.05) is 13.0 Å². The van der Waals surface area contributed by atoms with E-state index in [0.717, 1.165) is 10.0 Å². The van der Waals surface area contributed by atoms with Crippen LogP contribution in [0, 0.1) is 6.92 Å². The number of hydrogen-bond acceptors (Lipinski definition) is 2. The van der Waals surface area contributed by atoms with Gasteiger partial charge in [0.25, 0.3) is 0 Å². The minimum atomic E-state index is -0.129. The number of aromatic nitrogens is 3. The molecule has 2 rings (SSSR count). The molecule has 0 unspecified atom stereocenters. The van der Waals surface area contributed by atoms with E-state index in [1.165, 1.54) is 9.08 Å². The van der Waals surface area contributed by atoms with Crippen LogP contribution in [0.2, 0.25) is 0 Å². The highest BCUT2D eigenvalue weighted by Gasteiger charge is 2.05. The van der Waals surface area contributed by atoms with Crippen LogP contribution >= 0.6 is 15.9 Å². The second-order valence-electron chi connectivity index (χ2n) is 2.94. The van der Waals surface area contributed by atoms with Crippen LogP contribution in [0.3, 0.4) is 0 Å². The van der Waals surface area contributed by atoms with Crippen molar-refractivity contribution in [2.75, 3.05) is 0 Å². The number of fused-ring (bicyclic) bond motifs is 1. The molecule has 0 aromatic carbocycles. The molecule has 0 fully saturated rings. The van der Waals surface area contributed by atoms with Gasteiger partial charge < -0.3 is 0 Å². The molecular formula is C8H8BrN3O. The summed E-state index contributed by atoms with van der Waals surface area (Å²) in [5, 5.41) is 4.06. The van der Waals surface area contributed by atoms with Crippen LogP contribution in [0.15, 0.2) is 21.5 Å². The number of hydrogen-bond donors (Lipinski definition) is 0. The van der Waals surface area contributed by atoms with Gasteiger partial charge in [-0.05, 0) is 34.5 Å².